The Morgan fingerprint density at radius 3 is 2.89 bits per heavy atom. The third-order valence-electron chi connectivity index (χ3n) is 2.72. The Morgan fingerprint density at radius 1 is 1.42 bits per heavy atom. The van der Waals surface area contributed by atoms with E-state index >= 15 is 0 Å². The van der Waals surface area contributed by atoms with Crippen LogP contribution in [-0.2, 0) is 11.8 Å². The molecule has 0 spiro atoms. The number of carbonyl (C=O) groups excluding carboxylic acids is 1. The normalized spacial score (nSPS) is 10.5. The second-order valence-corrected chi connectivity index (χ2v) is 5.14. The summed E-state index contributed by atoms with van der Waals surface area (Å²) in [6, 6.07) is 8.11. The number of nitrogens with one attached hydrogen (secondary N) is 1. The Kier molecular flexibility index (Phi) is 4.21. The first-order valence-corrected chi connectivity index (χ1v) is 6.90. The first kappa shape index (κ1) is 13.6. The van der Waals surface area contributed by atoms with Crippen molar-refractivity contribution in [1.29, 1.82) is 0 Å². The molecule has 0 aliphatic carbocycles. The van der Waals surface area contributed by atoms with Crippen molar-refractivity contribution < 1.29 is 4.79 Å². The fraction of sp³-hybridized carbons (Fsp3) is 0.308. The van der Waals surface area contributed by atoms with Crippen molar-refractivity contribution in [2.75, 3.05) is 12.8 Å². The topological polar surface area (TPSA) is 59.8 Å². The molecule has 1 amide bonds. The van der Waals surface area contributed by atoms with Gasteiger partial charge in [0, 0.05) is 19.7 Å². The predicted octanol–water partition coefficient (Wildman–Crippen LogP) is 1.63. The number of hydrogen-bond acceptors (Lipinski definition) is 4. The fourth-order valence-electron chi connectivity index (χ4n) is 1.68. The van der Waals surface area contributed by atoms with Crippen LogP contribution in [0.1, 0.15) is 5.56 Å². The van der Waals surface area contributed by atoms with Gasteiger partial charge < -0.3 is 9.88 Å². The summed E-state index contributed by atoms with van der Waals surface area (Å²) in [5.74, 6) is 1.13. The Morgan fingerprint density at radius 2 is 2.21 bits per heavy atom. The van der Waals surface area contributed by atoms with Gasteiger partial charge in [-0.3, -0.25) is 4.79 Å². The second-order valence-electron chi connectivity index (χ2n) is 4.20. The zero-order valence-corrected chi connectivity index (χ0v) is 12.0. The van der Waals surface area contributed by atoms with Gasteiger partial charge in [-0.05, 0) is 13.0 Å². The summed E-state index contributed by atoms with van der Waals surface area (Å²) in [6.45, 7) is 2.04. The second kappa shape index (κ2) is 5.88. The summed E-state index contributed by atoms with van der Waals surface area (Å²) in [6.07, 6.45) is 0. The zero-order chi connectivity index (χ0) is 13.8. The van der Waals surface area contributed by atoms with Gasteiger partial charge >= 0.3 is 0 Å². The van der Waals surface area contributed by atoms with Crippen LogP contribution < -0.4 is 5.32 Å². The van der Waals surface area contributed by atoms with Crippen LogP contribution >= 0.6 is 11.8 Å². The zero-order valence-electron chi connectivity index (χ0n) is 11.2. The Balaban J connectivity index is 2.21. The number of aryl methyl sites for hydroxylation is 1. The van der Waals surface area contributed by atoms with E-state index in [2.05, 4.69) is 21.6 Å². The summed E-state index contributed by atoms with van der Waals surface area (Å²) in [7, 11) is 3.53. The van der Waals surface area contributed by atoms with Gasteiger partial charge in [0.1, 0.15) is 0 Å². The molecule has 5 nitrogen and oxygen atoms in total. The Bertz CT molecular complexity index is 594. The molecule has 0 fully saturated rings. The van der Waals surface area contributed by atoms with Crippen molar-refractivity contribution in [3.8, 4) is 11.4 Å². The molecule has 2 rings (SSSR count). The number of benzene rings is 1. The molecule has 0 saturated heterocycles. The molecule has 1 aromatic carbocycles. The van der Waals surface area contributed by atoms with Crippen LogP contribution in [0.15, 0.2) is 29.4 Å². The highest BCUT2D eigenvalue weighted by atomic mass is 32.2. The van der Waals surface area contributed by atoms with Crippen LogP contribution in [0.2, 0.25) is 0 Å². The summed E-state index contributed by atoms with van der Waals surface area (Å²) in [5.41, 5.74) is 2.21. The number of aromatic nitrogens is 3. The van der Waals surface area contributed by atoms with Crippen LogP contribution in [-0.4, -0.2) is 33.5 Å². The minimum Gasteiger partial charge on any atom is -0.358 e. The molecule has 6 heteroatoms. The summed E-state index contributed by atoms with van der Waals surface area (Å²) in [4.78, 5) is 11.2. The van der Waals surface area contributed by atoms with E-state index in [4.69, 9.17) is 0 Å². The third kappa shape index (κ3) is 3.14. The Labute approximate surface area is 116 Å². The lowest BCUT2D eigenvalue weighted by Crippen LogP contribution is -2.20. The van der Waals surface area contributed by atoms with E-state index in [0.29, 0.717) is 5.75 Å². The number of hydrogen-bond donors (Lipinski definition) is 1. The van der Waals surface area contributed by atoms with Gasteiger partial charge in [-0.25, -0.2) is 0 Å². The number of nitrogens with zero attached hydrogens (tertiary/aromatic N) is 3. The molecule has 19 heavy (non-hydrogen) atoms. The van der Waals surface area contributed by atoms with Gasteiger partial charge in [-0.1, -0.05) is 35.5 Å². The molecule has 1 aromatic heterocycles. The molecular formula is C13H16N4OS. The lowest BCUT2D eigenvalue weighted by molar-refractivity contribution is -0.118. The molecule has 0 bridgehead atoms. The van der Waals surface area contributed by atoms with Crippen molar-refractivity contribution in [3.05, 3.63) is 29.8 Å². The minimum atomic E-state index is -0.0231. The molecule has 0 aliphatic heterocycles. The Hall–Kier alpha value is -1.82. The van der Waals surface area contributed by atoms with Crippen molar-refractivity contribution >= 4 is 17.7 Å². The highest BCUT2D eigenvalue weighted by molar-refractivity contribution is 7.99. The summed E-state index contributed by atoms with van der Waals surface area (Å²) < 4.78 is 1.91. The average molecular weight is 276 g/mol. The van der Waals surface area contributed by atoms with E-state index in [1.165, 1.54) is 17.3 Å². The minimum absolute atomic E-state index is 0.0231. The fourth-order valence-corrected chi connectivity index (χ4v) is 2.46. The molecule has 1 N–H and O–H groups in total. The number of carbonyl (C=O) groups is 1. The standard InChI is InChI=1S/C13H16N4OS/c1-9-5-4-6-10(7-9)12-15-16-13(17(12)3)19-8-11(18)14-2/h4-7H,8H2,1-3H3,(H,14,18). The maximum Gasteiger partial charge on any atom is 0.230 e. The van der Waals surface area contributed by atoms with Crippen molar-refractivity contribution in [2.45, 2.75) is 12.1 Å². The van der Waals surface area contributed by atoms with E-state index in [1.54, 1.807) is 7.05 Å². The van der Waals surface area contributed by atoms with Gasteiger partial charge in [-0.2, -0.15) is 0 Å². The van der Waals surface area contributed by atoms with E-state index in [0.717, 1.165) is 16.5 Å². The van der Waals surface area contributed by atoms with Crippen LogP contribution in [0.5, 0.6) is 0 Å². The van der Waals surface area contributed by atoms with Crippen molar-refractivity contribution in [2.24, 2.45) is 7.05 Å². The largest absolute Gasteiger partial charge is 0.358 e. The first-order valence-electron chi connectivity index (χ1n) is 5.91. The van der Waals surface area contributed by atoms with Crippen molar-refractivity contribution in [3.63, 3.8) is 0 Å². The van der Waals surface area contributed by atoms with Crippen LogP contribution in [0.4, 0.5) is 0 Å². The van der Waals surface area contributed by atoms with Crippen LogP contribution in [0.25, 0.3) is 11.4 Å². The molecule has 0 saturated carbocycles. The summed E-state index contributed by atoms with van der Waals surface area (Å²) >= 11 is 1.38. The smallest absolute Gasteiger partial charge is 0.230 e. The van der Waals surface area contributed by atoms with Gasteiger partial charge in [-0.15, -0.1) is 10.2 Å². The van der Waals surface area contributed by atoms with Gasteiger partial charge in [0.15, 0.2) is 11.0 Å². The first-order chi connectivity index (χ1) is 9.11. The highest BCUT2D eigenvalue weighted by Crippen LogP contribution is 2.22. The van der Waals surface area contributed by atoms with E-state index in [9.17, 15) is 4.79 Å². The van der Waals surface area contributed by atoms with Gasteiger partial charge in [0.2, 0.25) is 5.91 Å². The third-order valence-corrected chi connectivity index (χ3v) is 3.74. The molecule has 100 valence electrons. The highest BCUT2D eigenvalue weighted by Gasteiger charge is 2.12. The van der Waals surface area contributed by atoms with Crippen LogP contribution in [0.3, 0.4) is 0 Å². The SMILES string of the molecule is CNC(=O)CSc1nnc(-c2cccc(C)c2)n1C. The number of amides is 1. The molecule has 0 atom stereocenters. The molecular weight excluding hydrogens is 260 g/mol. The molecule has 1 heterocycles. The van der Waals surface area contributed by atoms with Crippen molar-refractivity contribution in [1.82, 2.24) is 20.1 Å². The molecule has 0 radical (unpaired) electrons. The maximum absolute atomic E-state index is 11.2. The monoisotopic (exact) mass is 276 g/mol. The van der Waals surface area contributed by atoms with E-state index < -0.39 is 0 Å². The molecule has 2 aromatic rings. The summed E-state index contributed by atoms with van der Waals surface area (Å²) in [5, 5.41) is 11.6. The van der Waals surface area contributed by atoms with E-state index in [-0.39, 0.29) is 5.91 Å². The number of thioether (sulfide) groups is 1. The lowest BCUT2D eigenvalue weighted by Gasteiger charge is -2.04. The van der Waals surface area contributed by atoms with Gasteiger partial charge in [0.25, 0.3) is 0 Å². The quantitative estimate of drug-likeness (QED) is 0.862. The number of rotatable bonds is 4. The van der Waals surface area contributed by atoms with E-state index in [1.807, 2.05) is 36.7 Å². The average Bonchev–Trinajstić information content (AvgIpc) is 2.77. The predicted molar refractivity (Wildman–Crippen MR) is 76.0 cm³/mol. The molecule has 0 unspecified atom stereocenters. The van der Waals surface area contributed by atoms with Gasteiger partial charge in [0.05, 0.1) is 5.75 Å². The maximum atomic E-state index is 11.2. The van der Waals surface area contributed by atoms with Crippen LogP contribution in [0, 0.1) is 6.92 Å². The lowest BCUT2D eigenvalue weighted by atomic mass is 10.1. The molecule has 0 aliphatic rings.